The smallest absolute Gasteiger partial charge is 0.326 e. The SMILES string of the molecule is C=CCCC(NC(=O)c1cc(N2CCNC2=O)ccc1F)C(=O)O. The molecule has 0 spiro atoms. The summed E-state index contributed by atoms with van der Waals surface area (Å²) in [4.78, 5) is 36.4. The molecule has 0 bridgehead atoms. The van der Waals surface area contributed by atoms with E-state index in [1.807, 2.05) is 0 Å². The van der Waals surface area contributed by atoms with Crippen LogP contribution in [-0.2, 0) is 4.79 Å². The number of anilines is 1. The molecule has 1 aliphatic heterocycles. The Kier molecular flexibility index (Phi) is 5.51. The zero-order chi connectivity index (χ0) is 17.7. The number of hydrogen-bond donors (Lipinski definition) is 3. The highest BCUT2D eigenvalue weighted by Crippen LogP contribution is 2.21. The summed E-state index contributed by atoms with van der Waals surface area (Å²) in [6, 6.07) is 2.23. The van der Waals surface area contributed by atoms with Crippen LogP contribution in [0.5, 0.6) is 0 Å². The van der Waals surface area contributed by atoms with Crippen molar-refractivity contribution in [2.45, 2.75) is 18.9 Å². The van der Waals surface area contributed by atoms with Crippen molar-refractivity contribution < 1.29 is 23.9 Å². The lowest BCUT2D eigenvalue weighted by Gasteiger charge is -2.17. The fourth-order valence-corrected chi connectivity index (χ4v) is 2.35. The van der Waals surface area contributed by atoms with E-state index >= 15 is 0 Å². The number of nitrogens with zero attached hydrogens (tertiary/aromatic N) is 1. The third kappa shape index (κ3) is 3.89. The second-order valence-electron chi connectivity index (χ2n) is 5.28. The predicted molar refractivity (Wildman–Crippen MR) is 85.5 cm³/mol. The first-order valence-corrected chi connectivity index (χ1v) is 7.43. The van der Waals surface area contributed by atoms with Crippen molar-refractivity contribution in [3.63, 3.8) is 0 Å². The first-order chi connectivity index (χ1) is 11.4. The number of hydrogen-bond acceptors (Lipinski definition) is 3. The molecule has 0 radical (unpaired) electrons. The number of carboxylic acids is 1. The zero-order valence-corrected chi connectivity index (χ0v) is 12.9. The van der Waals surface area contributed by atoms with Crippen LogP contribution in [0.25, 0.3) is 0 Å². The number of benzene rings is 1. The van der Waals surface area contributed by atoms with Crippen molar-refractivity contribution in [3.05, 3.63) is 42.2 Å². The summed E-state index contributed by atoms with van der Waals surface area (Å²) >= 11 is 0. The van der Waals surface area contributed by atoms with Gasteiger partial charge in [0.15, 0.2) is 0 Å². The molecular formula is C16H18FN3O4. The standard InChI is InChI=1S/C16H18FN3O4/c1-2-3-4-13(15(22)23)19-14(21)11-9-10(5-6-12(11)17)20-8-7-18-16(20)24/h2,5-6,9,13H,1,3-4,7-8H2,(H,18,24)(H,19,21)(H,22,23). The number of urea groups is 1. The van der Waals surface area contributed by atoms with E-state index in [0.29, 0.717) is 25.2 Å². The number of aliphatic carboxylic acids is 1. The molecule has 1 saturated heterocycles. The van der Waals surface area contributed by atoms with Gasteiger partial charge in [-0.15, -0.1) is 6.58 Å². The van der Waals surface area contributed by atoms with E-state index in [-0.39, 0.29) is 18.0 Å². The van der Waals surface area contributed by atoms with Gasteiger partial charge >= 0.3 is 12.0 Å². The van der Waals surface area contributed by atoms with Crippen molar-refractivity contribution >= 4 is 23.6 Å². The molecule has 8 heteroatoms. The van der Waals surface area contributed by atoms with Gasteiger partial charge in [0.05, 0.1) is 5.56 Å². The van der Waals surface area contributed by atoms with Crippen molar-refractivity contribution in [3.8, 4) is 0 Å². The van der Waals surface area contributed by atoms with Gasteiger partial charge in [-0.2, -0.15) is 0 Å². The molecule has 0 aromatic heterocycles. The average Bonchev–Trinajstić information content (AvgIpc) is 2.97. The fraction of sp³-hybridized carbons (Fsp3) is 0.312. The predicted octanol–water partition coefficient (Wildman–Crippen LogP) is 1.50. The number of carbonyl (C=O) groups excluding carboxylic acids is 2. The highest BCUT2D eigenvalue weighted by molar-refractivity contribution is 5.99. The Hall–Kier alpha value is -2.90. The maximum Gasteiger partial charge on any atom is 0.326 e. The second-order valence-corrected chi connectivity index (χ2v) is 5.28. The van der Waals surface area contributed by atoms with Crippen LogP contribution in [0.2, 0.25) is 0 Å². The Labute approximate surface area is 138 Å². The summed E-state index contributed by atoms with van der Waals surface area (Å²) in [5.41, 5.74) is 0.0616. The fourth-order valence-electron chi connectivity index (χ4n) is 2.35. The number of amides is 3. The lowest BCUT2D eigenvalue weighted by Crippen LogP contribution is -2.41. The van der Waals surface area contributed by atoms with E-state index in [1.165, 1.54) is 23.1 Å². The molecule has 1 aromatic rings. The largest absolute Gasteiger partial charge is 0.480 e. The molecule has 24 heavy (non-hydrogen) atoms. The molecule has 1 unspecified atom stereocenters. The number of halogens is 1. The van der Waals surface area contributed by atoms with Crippen molar-refractivity contribution in [1.82, 2.24) is 10.6 Å². The number of carbonyl (C=O) groups is 3. The lowest BCUT2D eigenvalue weighted by molar-refractivity contribution is -0.139. The summed E-state index contributed by atoms with van der Waals surface area (Å²) in [5, 5.41) is 14.0. The molecule has 0 saturated carbocycles. The lowest BCUT2D eigenvalue weighted by atomic mass is 10.1. The van der Waals surface area contributed by atoms with Crippen molar-refractivity contribution in [1.29, 1.82) is 0 Å². The Morgan fingerprint density at radius 3 is 2.83 bits per heavy atom. The Bertz CT molecular complexity index is 677. The van der Waals surface area contributed by atoms with Gasteiger partial charge in [-0.05, 0) is 31.0 Å². The van der Waals surface area contributed by atoms with Gasteiger partial charge in [0.1, 0.15) is 11.9 Å². The van der Waals surface area contributed by atoms with E-state index in [9.17, 15) is 18.8 Å². The molecule has 3 amide bonds. The molecule has 1 heterocycles. The second kappa shape index (κ2) is 7.58. The van der Waals surface area contributed by atoms with Crippen molar-refractivity contribution in [2.75, 3.05) is 18.0 Å². The minimum absolute atomic E-state index is 0.153. The van der Waals surface area contributed by atoms with Gasteiger partial charge in [0.2, 0.25) is 0 Å². The maximum absolute atomic E-state index is 14.0. The van der Waals surface area contributed by atoms with E-state index < -0.39 is 23.7 Å². The maximum atomic E-state index is 14.0. The number of carboxylic acid groups (broad SMARTS) is 1. The minimum atomic E-state index is -1.21. The monoisotopic (exact) mass is 335 g/mol. The van der Waals surface area contributed by atoms with Crippen LogP contribution in [-0.4, -0.2) is 42.1 Å². The van der Waals surface area contributed by atoms with Gasteiger partial charge in [-0.3, -0.25) is 9.69 Å². The van der Waals surface area contributed by atoms with Crippen LogP contribution in [0, 0.1) is 5.82 Å². The number of allylic oxidation sites excluding steroid dienone is 1. The summed E-state index contributed by atoms with van der Waals surface area (Å²) in [7, 11) is 0. The van der Waals surface area contributed by atoms with Crippen LogP contribution in [0.3, 0.4) is 0 Å². The molecule has 7 nitrogen and oxygen atoms in total. The molecule has 1 atom stereocenters. The van der Waals surface area contributed by atoms with Crippen LogP contribution in [0.4, 0.5) is 14.9 Å². The van der Waals surface area contributed by atoms with Gasteiger partial charge < -0.3 is 15.7 Å². The van der Waals surface area contributed by atoms with E-state index in [2.05, 4.69) is 17.2 Å². The highest BCUT2D eigenvalue weighted by atomic mass is 19.1. The quantitative estimate of drug-likeness (QED) is 0.658. The normalized spacial score (nSPS) is 14.9. The van der Waals surface area contributed by atoms with Crippen LogP contribution >= 0.6 is 0 Å². The topological polar surface area (TPSA) is 98.7 Å². The summed E-state index contributed by atoms with van der Waals surface area (Å²) in [6.07, 6.45) is 2.09. The summed E-state index contributed by atoms with van der Waals surface area (Å²) in [6.45, 7) is 4.36. The van der Waals surface area contributed by atoms with Gasteiger partial charge in [0.25, 0.3) is 5.91 Å². The first-order valence-electron chi connectivity index (χ1n) is 7.43. The van der Waals surface area contributed by atoms with Crippen LogP contribution in [0.15, 0.2) is 30.9 Å². The van der Waals surface area contributed by atoms with Crippen molar-refractivity contribution in [2.24, 2.45) is 0 Å². The third-order valence-corrected chi connectivity index (χ3v) is 3.63. The molecule has 0 aliphatic carbocycles. The minimum Gasteiger partial charge on any atom is -0.480 e. The third-order valence-electron chi connectivity index (χ3n) is 3.63. The summed E-state index contributed by atoms with van der Waals surface area (Å²) < 4.78 is 14.0. The van der Waals surface area contributed by atoms with Gasteiger partial charge in [0, 0.05) is 18.8 Å². The van der Waals surface area contributed by atoms with E-state index in [0.717, 1.165) is 6.07 Å². The van der Waals surface area contributed by atoms with E-state index in [1.54, 1.807) is 0 Å². The molecule has 3 N–H and O–H groups in total. The molecule has 1 aromatic carbocycles. The van der Waals surface area contributed by atoms with E-state index in [4.69, 9.17) is 5.11 Å². The molecule has 2 rings (SSSR count). The number of rotatable bonds is 7. The molecule has 128 valence electrons. The first kappa shape index (κ1) is 17.5. The van der Waals surface area contributed by atoms with Crippen LogP contribution in [0.1, 0.15) is 23.2 Å². The molecule has 1 aliphatic rings. The van der Waals surface area contributed by atoms with Gasteiger partial charge in [-0.25, -0.2) is 14.0 Å². The van der Waals surface area contributed by atoms with Gasteiger partial charge in [-0.1, -0.05) is 6.08 Å². The zero-order valence-electron chi connectivity index (χ0n) is 12.9. The average molecular weight is 335 g/mol. The Morgan fingerprint density at radius 2 is 2.25 bits per heavy atom. The molecular weight excluding hydrogens is 317 g/mol. The molecule has 1 fully saturated rings. The Morgan fingerprint density at radius 1 is 1.50 bits per heavy atom. The summed E-state index contributed by atoms with van der Waals surface area (Å²) in [5.74, 6) is -2.84. The Balaban J connectivity index is 2.20. The van der Waals surface area contributed by atoms with Crippen LogP contribution < -0.4 is 15.5 Å². The highest BCUT2D eigenvalue weighted by Gasteiger charge is 2.25. The number of nitrogens with one attached hydrogen (secondary N) is 2.